The maximum absolute atomic E-state index is 5.74. The van der Waals surface area contributed by atoms with Crippen molar-refractivity contribution in [2.24, 2.45) is 0 Å². The lowest BCUT2D eigenvalue weighted by molar-refractivity contribution is 1.39. The third-order valence-electron chi connectivity index (χ3n) is 1.50. The quantitative estimate of drug-likeness (QED) is 0.820. The van der Waals surface area contributed by atoms with Gasteiger partial charge in [0.1, 0.15) is 4.34 Å². The van der Waals surface area contributed by atoms with Crippen LogP contribution in [0, 0.1) is 0 Å². The van der Waals surface area contributed by atoms with E-state index in [1.54, 1.807) is 6.20 Å². The molecule has 0 aliphatic rings. The number of benzene rings is 1. The number of hydrogen-bond donors (Lipinski definition) is 1. The first-order valence-electron chi connectivity index (χ1n) is 3.78. The molecule has 0 aliphatic heterocycles. The molecule has 1 aromatic heterocycles. The molecule has 0 amide bonds. The van der Waals surface area contributed by atoms with Crippen LogP contribution in [0.1, 0.15) is 0 Å². The molecule has 0 atom stereocenters. The monoisotopic (exact) mass is 210 g/mol. The first kappa shape index (κ1) is 8.53. The Morgan fingerprint density at radius 1 is 1.23 bits per heavy atom. The number of hydrogen-bond acceptors (Lipinski definition) is 3. The van der Waals surface area contributed by atoms with E-state index in [0.717, 1.165) is 10.8 Å². The molecular formula is C9H7ClN2S. The van der Waals surface area contributed by atoms with Crippen molar-refractivity contribution in [3.05, 3.63) is 40.9 Å². The van der Waals surface area contributed by atoms with E-state index >= 15 is 0 Å². The van der Waals surface area contributed by atoms with Gasteiger partial charge in [0.2, 0.25) is 0 Å². The summed E-state index contributed by atoms with van der Waals surface area (Å²) >= 11 is 7.17. The molecule has 66 valence electrons. The summed E-state index contributed by atoms with van der Waals surface area (Å²) in [4.78, 5) is 4.09. The van der Waals surface area contributed by atoms with E-state index in [1.165, 1.54) is 11.3 Å². The smallest absolute Gasteiger partial charge is 0.188 e. The summed E-state index contributed by atoms with van der Waals surface area (Å²) in [5.74, 6) is 0. The number of aromatic nitrogens is 1. The topological polar surface area (TPSA) is 24.9 Å². The Balaban J connectivity index is 2.15. The van der Waals surface area contributed by atoms with E-state index < -0.39 is 0 Å². The van der Waals surface area contributed by atoms with E-state index in [4.69, 9.17) is 11.6 Å². The lowest BCUT2D eigenvalue weighted by Crippen LogP contribution is -1.87. The zero-order valence-corrected chi connectivity index (χ0v) is 8.27. The lowest BCUT2D eigenvalue weighted by Gasteiger charge is -1.99. The van der Waals surface area contributed by atoms with E-state index in [-0.39, 0.29) is 0 Å². The molecule has 0 spiro atoms. The summed E-state index contributed by atoms with van der Waals surface area (Å²) in [6.45, 7) is 0. The highest BCUT2D eigenvalue weighted by atomic mass is 35.5. The summed E-state index contributed by atoms with van der Waals surface area (Å²) in [6.07, 6.45) is 1.64. The second-order valence-corrected chi connectivity index (χ2v) is 4.12. The fourth-order valence-electron chi connectivity index (χ4n) is 0.957. The number of rotatable bonds is 2. The van der Waals surface area contributed by atoms with Crippen LogP contribution in [-0.2, 0) is 0 Å². The molecule has 4 heteroatoms. The standard InChI is InChI=1S/C9H7ClN2S/c10-8-6-11-9(13-8)12-7-4-2-1-3-5-7/h1-6H,(H,11,12). The molecule has 1 aromatic carbocycles. The molecule has 2 aromatic rings. The van der Waals surface area contributed by atoms with Gasteiger partial charge in [-0.15, -0.1) is 0 Å². The van der Waals surface area contributed by atoms with Crippen LogP contribution in [0.15, 0.2) is 36.5 Å². The third-order valence-corrected chi connectivity index (χ3v) is 2.53. The molecule has 0 bridgehead atoms. The molecule has 0 saturated carbocycles. The van der Waals surface area contributed by atoms with E-state index in [1.807, 2.05) is 30.3 Å². The number of para-hydroxylation sites is 1. The van der Waals surface area contributed by atoms with Crippen LogP contribution in [-0.4, -0.2) is 4.98 Å². The van der Waals surface area contributed by atoms with Crippen molar-refractivity contribution in [1.29, 1.82) is 0 Å². The second kappa shape index (κ2) is 3.77. The van der Waals surface area contributed by atoms with Crippen molar-refractivity contribution in [3.8, 4) is 0 Å². The first-order valence-corrected chi connectivity index (χ1v) is 4.97. The van der Waals surface area contributed by atoms with Crippen molar-refractivity contribution in [2.45, 2.75) is 0 Å². The van der Waals surface area contributed by atoms with Gasteiger partial charge in [0.15, 0.2) is 5.13 Å². The molecular weight excluding hydrogens is 204 g/mol. The maximum Gasteiger partial charge on any atom is 0.188 e. The minimum Gasteiger partial charge on any atom is -0.332 e. The minimum absolute atomic E-state index is 0.693. The first-order chi connectivity index (χ1) is 6.34. The van der Waals surface area contributed by atoms with Crippen molar-refractivity contribution in [2.75, 3.05) is 5.32 Å². The Morgan fingerprint density at radius 3 is 2.62 bits per heavy atom. The van der Waals surface area contributed by atoms with Gasteiger partial charge in [0.25, 0.3) is 0 Å². The molecule has 1 heterocycles. The van der Waals surface area contributed by atoms with E-state index in [9.17, 15) is 0 Å². The van der Waals surface area contributed by atoms with Gasteiger partial charge in [-0.05, 0) is 12.1 Å². The zero-order chi connectivity index (χ0) is 9.10. The van der Waals surface area contributed by atoms with Gasteiger partial charge in [-0.25, -0.2) is 4.98 Å². The van der Waals surface area contributed by atoms with Gasteiger partial charge in [-0.1, -0.05) is 41.1 Å². The van der Waals surface area contributed by atoms with Crippen molar-refractivity contribution >= 4 is 33.8 Å². The van der Waals surface area contributed by atoms with Crippen LogP contribution in [0.3, 0.4) is 0 Å². The van der Waals surface area contributed by atoms with Gasteiger partial charge in [0, 0.05) is 5.69 Å². The molecule has 0 aliphatic carbocycles. The highest BCUT2D eigenvalue weighted by Gasteiger charge is 1.98. The summed E-state index contributed by atoms with van der Waals surface area (Å²) in [7, 11) is 0. The molecule has 1 N–H and O–H groups in total. The van der Waals surface area contributed by atoms with Crippen LogP contribution in [0.2, 0.25) is 4.34 Å². The van der Waals surface area contributed by atoms with Crippen LogP contribution in [0.25, 0.3) is 0 Å². The van der Waals surface area contributed by atoms with Crippen LogP contribution in [0.4, 0.5) is 10.8 Å². The van der Waals surface area contributed by atoms with Gasteiger partial charge >= 0.3 is 0 Å². The van der Waals surface area contributed by atoms with E-state index in [2.05, 4.69) is 10.3 Å². The fourth-order valence-corrected chi connectivity index (χ4v) is 1.79. The Bertz CT molecular complexity index is 386. The number of nitrogens with zero attached hydrogens (tertiary/aromatic N) is 1. The summed E-state index contributed by atoms with van der Waals surface area (Å²) in [6, 6.07) is 9.87. The molecule has 13 heavy (non-hydrogen) atoms. The SMILES string of the molecule is Clc1cnc(Nc2ccccc2)s1. The number of thiazole rings is 1. The van der Waals surface area contributed by atoms with Gasteiger partial charge < -0.3 is 5.32 Å². The Morgan fingerprint density at radius 2 is 2.00 bits per heavy atom. The predicted octanol–water partition coefficient (Wildman–Crippen LogP) is 3.54. The van der Waals surface area contributed by atoms with Crippen molar-refractivity contribution in [1.82, 2.24) is 4.98 Å². The molecule has 2 nitrogen and oxygen atoms in total. The zero-order valence-electron chi connectivity index (χ0n) is 6.70. The minimum atomic E-state index is 0.693. The fraction of sp³-hybridized carbons (Fsp3) is 0. The normalized spacial score (nSPS) is 9.92. The van der Waals surface area contributed by atoms with Gasteiger partial charge in [-0.3, -0.25) is 0 Å². The largest absolute Gasteiger partial charge is 0.332 e. The second-order valence-electron chi connectivity index (χ2n) is 2.46. The Kier molecular flexibility index (Phi) is 2.47. The predicted molar refractivity (Wildman–Crippen MR) is 56.8 cm³/mol. The summed E-state index contributed by atoms with van der Waals surface area (Å²) in [5.41, 5.74) is 1.02. The molecule has 0 unspecified atom stereocenters. The average molecular weight is 211 g/mol. The van der Waals surface area contributed by atoms with Crippen LogP contribution >= 0.6 is 22.9 Å². The lowest BCUT2D eigenvalue weighted by atomic mass is 10.3. The summed E-state index contributed by atoms with van der Waals surface area (Å²) < 4.78 is 0.693. The Hall–Kier alpha value is -1.06. The van der Waals surface area contributed by atoms with Crippen molar-refractivity contribution < 1.29 is 0 Å². The highest BCUT2D eigenvalue weighted by molar-refractivity contribution is 7.19. The number of nitrogens with one attached hydrogen (secondary N) is 1. The average Bonchev–Trinajstić information content (AvgIpc) is 2.53. The Labute approximate surface area is 85.2 Å². The molecule has 0 saturated heterocycles. The van der Waals surface area contributed by atoms with Crippen molar-refractivity contribution in [3.63, 3.8) is 0 Å². The van der Waals surface area contributed by atoms with E-state index in [0.29, 0.717) is 4.34 Å². The molecule has 2 rings (SSSR count). The molecule has 0 fully saturated rings. The number of halogens is 1. The van der Waals surface area contributed by atoms with Gasteiger partial charge in [0.05, 0.1) is 6.20 Å². The third kappa shape index (κ3) is 2.20. The van der Waals surface area contributed by atoms with Crippen LogP contribution in [0.5, 0.6) is 0 Å². The maximum atomic E-state index is 5.74. The highest BCUT2D eigenvalue weighted by Crippen LogP contribution is 2.25. The number of anilines is 2. The molecule has 0 radical (unpaired) electrons. The summed E-state index contributed by atoms with van der Waals surface area (Å²) in [5, 5.41) is 3.96. The van der Waals surface area contributed by atoms with Crippen LogP contribution < -0.4 is 5.32 Å². The van der Waals surface area contributed by atoms with Gasteiger partial charge in [-0.2, -0.15) is 0 Å².